The highest BCUT2D eigenvalue weighted by Gasteiger charge is 2.26. The summed E-state index contributed by atoms with van der Waals surface area (Å²) in [5.74, 6) is 0.935. The number of benzene rings is 1. The van der Waals surface area contributed by atoms with Gasteiger partial charge >= 0.3 is 0 Å². The Morgan fingerprint density at radius 3 is 2.05 bits per heavy atom. The Morgan fingerprint density at radius 1 is 1.14 bits per heavy atom. The number of methoxy groups -OCH3 is 2. The van der Waals surface area contributed by atoms with Gasteiger partial charge < -0.3 is 19.9 Å². The highest BCUT2D eigenvalue weighted by atomic mass is 16.5. The first kappa shape index (κ1) is 17.3. The third-order valence-corrected chi connectivity index (χ3v) is 4.07. The highest BCUT2D eigenvalue weighted by Crippen LogP contribution is 2.25. The van der Waals surface area contributed by atoms with Gasteiger partial charge in [-0.1, -0.05) is 13.8 Å². The number of carbonyl (C=O) groups is 1. The Bertz CT molecular complexity index is 439. The minimum Gasteiger partial charge on any atom is -0.497 e. The number of amides is 1. The molecule has 0 bridgehead atoms. The van der Waals surface area contributed by atoms with Gasteiger partial charge in [0.1, 0.15) is 11.5 Å². The van der Waals surface area contributed by atoms with Gasteiger partial charge in [0.25, 0.3) is 5.91 Å². The summed E-state index contributed by atoms with van der Waals surface area (Å²) in [6, 6.07) is 5.04. The summed E-state index contributed by atoms with van der Waals surface area (Å²) in [5.41, 5.74) is 0.212. The summed E-state index contributed by atoms with van der Waals surface area (Å²) >= 11 is 0. The van der Waals surface area contributed by atoms with Crippen LogP contribution >= 0.6 is 0 Å². The molecule has 5 nitrogen and oxygen atoms in total. The fourth-order valence-electron chi connectivity index (χ4n) is 2.09. The van der Waals surface area contributed by atoms with Gasteiger partial charge in [0, 0.05) is 23.6 Å². The standard InChI is InChI=1S/C16H25NO4/c1-5-16(6-2,11-18)10-17-15(19)12-7-13(20-3)9-14(8-12)21-4/h7-9,18H,5-6,10-11H2,1-4H3,(H,17,19). The number of aliphatic hydroxyl groups excluding tert-OH is 1. The first-order valence-corrected chi connectivity index (χ1v) is 7.16. The normalized spacial score (nSPS) is 11.1. The molecule has 0 atom stereocenters. The average Bonchev–Trinajstić information content (AvgIpc) is 2.55. The summed E-state index contributed by atoms with van der Waals surface area (Å²) in [4.78, 5) is 12.3. The molecule has 0 aromatic heterocycles. The monoisotopic (exact) mass is 295 g/mol. The smallest absolute Gasteiger partial charge is 0.251 e. The fraction of sp³-hybridized carbons (Fsp3) is 0.562. The Kier molecular flexibility index (Phi) is 6.49. The first-order valence-electron chi connectivity index (χ1n) is 7.16. The number of hydrogen-bond acceptors (Lipinski definition) is 4. The van der Waals surface area contributed by atoms with E-state index in [9.17, 15) is 9.90 Å². The maximum absolute atomic E-state index is 12.3. The SMILES string of the molecule is CCC(CC)(CO)CNC(=O)c1cc(OC)cc(OC)c1. The topological polar surface area (TPSA) is 67.8 Å². The van der Waals surface area contributed by atoms with Crippen molar-refractivity contribution >= 4 is 5.91 Å². The molecule has 2 N–H and O–H groups in total. The lowest BCUT2D eigenvalue weighted by atomic mass is 9.83. The van der Waals surface area contributed by atoms with Crippen LogP contribution in [-0.2, 0) is 0 Å². The van der Waals surface area contributed by atoms with Crippen LogP contribution in [0.3, 0.4) is 0 Å². The van der Waals surface area contributed by atoms with Crippen LogP contribution in [-0.4, -0.2) is 38.4 Å². The van der Waals surface area contributed by atoms with Crippen molar-refractivity contribution in [2.75, 3.05) is 27.4 Å². The van der Waals surface area contributed by atoms with Crippen molar-refractivity contribution in [2.45, 2.75) is 26.7 Å². The number of hydrogen-bond donors (Lipinski definition) is 2. The molecular formula is C16H25NO4. The zero-order chi connectivity index (χ0) is 15.9. The van der Waals surface area contributed by atoms with E-state index in [1.54, 1.807) is 32.4 Å². The fourth-order valence-corrected chi connectivity index (χ4v) is 2.09. The van der Waals surface area contributed by atoms with E-state index >= 15 is 0 Å². The van der Waals surface area contributed by atoms with Crippen LogP contribution in [0.25, 0.3) is 0 Å². The molecule has 0 aliphatic rings. The summed E-state index contributed by atoms with van der Waals surface area (Å²) in [7, 11) is 3.09. The van der Waals surface area contributed by atoms with Crippen LogP contribution in [0.1, 0.15) is 37.0 Å². The molecule has 0 saturated heterocycles. The van der Waals surface area contributed by atoms with Crippen LogP contribution < -0.4 is 14.8 Å². The van der Waals surface area contributed by atoms with E-state index in [0.717, 1.165) is 12.8 Å². The molecule has 0 saturated carbocycles. The molecule has 1 aromatic rings. The molecule has 0 fully saturated rings. The Labute approximate surface area is 126 Å². The summed E-state index contributed by atoms with van der Waals surface area (Å²) in [5, 5.41) is 12.4. The maximum atomic E-state index is 12.3. The molecule has 118 valence electrons. The maximum Gasteiger partial charge on any atom is 0.251 e. The van der Waals surface area contributed by atoms with Crippen LogP contribution in [0.2, 0.25) is 0 Å². The lowest BCUT2D eigenvalue weighted by Gasteiger charge is -2.29. The van der Waals surface area contributed by atoms with E-state index in [0.29, 0.717) is 23.6 Å². The van der Waals surface area contributed by atoms with E-state index < -0.39 is 0 Å². The number of ether oxygens (including phenoxy) is 2. The van der Waals surface area contributed by atoms with E-state index in [4.69, 9.17) is 9.47 Å². The first-order chi connectivity index (χ1) is 10.0. The van der Waals surface area contributed by atoms with Crippen molar-refractivity contribution in [2.24, 2.45) is 5.41 Å². The molecule has 0 spiro atoms. The largest absolute Gasteiger partial charge is 0.497 e. The average molecular weight is 295 g/mol. The molecule has 5 heteroatoms. The van der Waals surface area contributed by atoms with E-state index in [-0.39, 0.29) is 17.9 Å². The summed E-state index contributed by atoms with van der Waals surface area (Å²) in [6.45, 7) is 4.53. The Morgan fingerprint density at radius 2 is 1.67 bits per heavy atom. The van der Waals surface area contributed by atoms with E-state index in [2.05, 4.69) is 5.32 Å². The third-order valence-electron chi connectivity index (χ3n) is 4.07. The second-order valence-electron chi connectivity index (χ2n) is 5.15. The zero-order valence-electron chi connectivity index (χ0n) is 13.2. The molecule has 1 amide bonds. The van der Waals surface area contributed by atoms with Crippen molar-refractivity contribution in [3.8, 4) is 11.5 Å². The molecule has 1 aromatic carbocycles. The van der Waals surface area contributed by atoms with E-state index in [1.807, 2.05) is 13.8 Å². The van der Waals surface area contributed by atoms with Crippen molar-refractivity contribution < 1.29 is 19.4 Å². The van der Waals surface area contributed by atoms with Crippen molar-refractivity contribution in [1.82, 2.24) is 5.32 Å². The van der Waals surface area contributed by atoms with E-state index in [1.165, 1.54) is 0 Å². The lowest BCUT2D eigenvalue weighted by Crippen LogP contribution is -2.39. The van der Waals surface area contributed by atoms with Crippen LogP contribution in [0.5, 0.6) is 11.5 Å². The number of carbonyl (C=O) groups excluding carboxylic acids is 1. The molecule has 0 unspecified atom stereocenters. The minimum absolute atomic E-state index is 0.0573. The predicted molar refractivity (Wildman–Crippen MR) is 82.0 cm³/mol. The number of nitrogens with one attached hydrogen (secondary N) is 1. The molecule has 0 aliphatic heterocycles. The molecule has 0 aliphatic carbocycles. The molecule has 21 heavy (non-hydrogen) atoms. The van der Waals surface area contributed by atoms with Crippen molar-refractivity contribution in [1.29, 1.82) is 0 Å². The van der Waals surface area contributed by atoms with Crippen molar-refractivity contribution in [3.63, 3.8) is 0 Å². The number of aliphatic hydroxyl groups is 1. The molecule has 1 rings (SSSR count). The second kappa shape index (κ2) is 7.88. The number of rotatable bonds is 8. The minimum atomic E-state index is -0.265. The quantitative estimate of drug-likeness (QED) is 0.772. The second-order valence-corrected chi connectivity index (χ2v) is 5.15. The van der Waals surface area contributed by atoms with Crippen LogP contribution in [0.4, 0.5) is 0 Å². The van der Waals surface area contributed by atoms with Crippen LogP contribution in [0, 0.1) is 5.41 Å². The zero-order valence-corrected chi connectivity index (χ0v) is 13.2. The van der Waals surface area contributed by atoms with Gasteiger partial charge in [-0.05, 0) is 25.0 Å². The van der Waals surface area contributed by atoms with Crippen LogP contribution in [0.15, 0.2) is 18.2 Å². The predicted octanol–water partition coefficient (Wildman–Crippen LogP) is 2.23. The van der Waals surface area contributed by atoms with Crippen molar-refractivity contribution in [3.05, 3.63) is 23.8 Å². The Balaban J connectivity index is 2.84. The Hall–Kier alpha value is -1.75. The van der Waals surface area contributed by atoms with Gasteiger partial charge in [-0.15, -0.1) is 0 Å². The third kappa shape index (κ3) is 4.36. The lowest BCUT2D eigenvalue weighted by molar-refractivity contribution is 0.0850. The molecular weight excluding hydrogens is 270 g/mol. The summed E-state index contributed by atoms with van der Waals surface area (Å²) < 4.78 is 10.3. The van der Waals surface area contributed by atoms with Gasteiger partial charge in [-0.2, -0.15) is 0 Å². The van der Waals surface area contributed by atoms with Gasteiger partial charge in [-0.3, -0.25) is 4.79 Å². The van der Waals surface area contributed by atoms with Gasteiger partial charge in [0.05, 0.1) is 20.8 Å². The molecule has 0 heterocycles. The molecule has 0 radical (unpaired) electrons. The summed E-state index contributed by atoms with van der Waals surface area (Å²) in [6.07, 6.45) is 1.61. The van der Waals surface area contributed by atoms with Gasteiger partial charge in [-0.25, -0.2) is 0 Å². The van der Waals surface area contributed by atoms with Gasteiger partial charge in [0.15, 0.2) is 0 Å². The highest BCUT2D eigenvalue weighted by molar-refractivity contribution is 5.95. The van der Waals surface area contributed by atoms with Gasteiger partial charge in [0.2, 0.25) is 0 Å².